The highest BCUT2D eigenvalue weighted by atomic mass is 16.5. The van der Waals surface area contributed by atoms with Gasteiger partial charge in [-0.15, -0.1) is 0 Å². The van der Waals surface area contributed by atoms with E-state index in [-0.39, 0.29) is 24.2 Å². The molecular formula is C31H34N6O3. The number of pyridine rings is 3. The Balaban J connectivity index is 1.22. The summed E-state index contributed by atoms with van der Waals surface area (Å²) in [6.45, 7) is 6.31. The Bertz CT molecular complexity index is 1490. The van der Waals surface area contributed by atoms with Gasteiger partial charge in [0.25, 0.3) is 0 Å². The van der Waals surface area contributed by atoms with Gasteiger partial charge in [0.1, 0.15) is 11.5 Å². The number of benzene rings is 1. The minimum Gasteiger partial charge on any atom is -0.391 e. The van der Waals surface area contributed by atoms with Crippen LogP contribution in [-0.4, -0.2) is 77.4 Å². The quantitative estimate of drug-likeness (QED) is 0.357. The minimum atomic E-state index is -0.534. The van der Waals surface area contributed by atoms with E-state index in [0.717, 1.165) is 65.4 Å². The van der Waals surface area contributed by atoms with Crippen molar-refractivity contribution in [2.75, 3.05) is 49.2 Å². The lowest BCUT2D eigenvalue weighted by Gasteiger charge is -2.40. The number of hydrogen-bond donors (Lipinski definition) is 2. The first-order chi connectivity index (χ1) is 19.5. The number of anilines is 2. The van der Waals surface area contributed by atoms with Crippen LogP contribution in [0, 0.1) is 5.92 Å². The molecule has 3 aromatic heterocycles. The SMILES string of the molecule is C[C@H]1CN(c2ccncc2CC(=O)c2ccc3ccc(-c4ccc(N5CCOCC5)nc4)cc3n2)C[C@@H](N)[C@@H]1O. The maximum absolute atomic E-state index is 13.4. The number of nitrogens with two attached hydrogens (primary N) is 1. The molecule has 0 aliphatic carbocycles. The fourth-order valence-corrected chi connectivity index (χ4v) is 5.63. The average molecular weight is 539 g/mol. The molecule has 9 heteroatoms. The van der Waals surface area contributed by atoms with Gasteiger partial charge in [-0.25, -0.2) is 9.97 Å². The Morgan fingerprint density at radius 2 is 1.82 bits per heavy atom. The Kier molecular flexibility index (Phi) is 7.42. The number of ether oxygens (including phenoxy) is 1. The van der Waals surface area contributed by atoms with Crippen molar-refractivity contribution in [3.05, 3.63) is 78.4 Å². The van der Waals surface area contributed by atoms with Crippen LogP contribution in [0.5, 0.6) is 0 Å². The Hall–Kier alpha value is -3.92. The monoisotopic (exact) mass is 538 g/mol. The van der Waals surface area contributed by atoms with E-state index in [1.54, 1.807) is 18.5 Å². The molecule has 0 unspecified atom stereocenters. The lowest BCUT2D eigenvalue weighted by atomic mass is 9.92. The van der Waals surface area contributed by atoms with Crippen LogP contribution in [0.15, 0.2) is 67.1 Å². The third-order valence-corrected chi connectivity index (χ3v) is 7.92. The smallest absolute Gasteiger partial charge is 0.185 e. The number of morpholine rings is 1. The number of piperidine rings is 1. The lowest BCUT2D eigenvalue weighted by molar-refractivity contribution is 0.0784. The number of rotatable bonds is 6. The zero-order valence-corrected chi connectivity index (χ0v) is 22.6. The normalized spacial score (nSPS) is 21.5. The highest BCUT2D eigenvalue weighted by Gasteiger charge is 2.32. The molecule has 0 saturated carbocycles. The summed E-state index contributed by atoms with van der Waals surface area (Å²) in [4.78, 5) is 31.5. The number of aliphatic hydroxyl groups is 1. The first-order valence-electron chi connectivity index (χ1n) is 13.8. The van der Waals surface area contributed by atoms with Crippen molar-refractivity contribution in [1.29, 1.82) is 0 Å². The van der Waals surface area contributed by atoms with Crippen molar-refractivity contribution in [3.63, 3.8) is 0 Å². The van der Waals surface area contributed by atoms with Crippen LogP contribution in [0.3, 0.4) is 0 Å². The zero-order valence-electron chi connectivity index (χ0n) is 22.6. The molecule has 2 aliphatic heterocycles. The fourth-order valence-electron chi connectivity index (χ4n) is 5.63. The second-order valence-corrected chi connectivity index (χ2v) is 10.7. The Labute approximate surface area is 233 Å². The third-order valence-electron chi connectivity index (χ3n) is 7.92. The largest absolute Gasteiger partial charge is 0.391 e. The molecule has 3 N–H and O–H groups in total. The summed E-state index contributed by atoms with van der Waals surface area (Å²) in [5, 5.41) is 11.3. The molecule has 206 valence electrons. The van der Waals surface area contributed by atoms with Crippen LogP contribution in [0.25, 0.3) is 22.0 Å². The van der Waals surface area contributed by atoms with Crippen LogP contribution in [0.4, 0.5) is 11.5 Å². The number of hydrogen-bond acceptors (Lipinski definition) is 9. The molecule has 2 fully saturated rings. The summed E-state index contributed by atoms with van der Waals surface area (Å²) >= 11 is 0. The highest BCUT2D eigenvalue weighted by Crippen LogP contribution is 2.28. The van der Waals surface area contributed by atoms with E-state index in [9.17, 15) is 9.90 Å². The molecule has 40 heavy (non-hydrogen) atoms. The van der Waals surface area contributed by atoms with E-state index < -0.39 is 6.10 Å². The molecule has 0 amide bonds. The summed E-state index contributed by atoms with van der Waals surface area (Å²) < 4.78 is 5.44. The average Bonchev–Trinajstić information content (AvgIpc) is 3.00. The molecule has 0 bridgehead atoms. The van der Waals surface area contributed by atoms with Crippen molar-refractivity contribution < 1.29 is 14.6 Å². The zero-order chi connectivity index (χ0) is 27.6. The standard InChI is InChI=1S/C31H34N6O3/c1-20-18-37(19-25(32)31(20)39)28-8-9-33-16-24(28)15-29(38)26-6-4-21-2-3-22(14-27(21)35-26)23-5-7-30(34-17-23)36-10-12-40-13-11-36/h2-9,14,16-17,20,25,31,39H,10-13,15,18-19,32H2,1H3/t20-,25+,31+/m0/s1. The van der Waals surface area contributed by atoms with Crippen LogP contribution in [0.2, 0.25) is 0 Å². The number of carbonyl (C=O) groups excluding carboxylic acids is 1. The van der Waals surface area contributed by atoms with Gasteiger partial charge in [0.05, 0.1) is 24.8 Å². The van der Waals surface area contributed by atoms with Crippen molar-refractivity contribution in [3.8, 4) is 11.1 Å². The number of carbonyl (C=O) groups is 1. The van der Waals surface area contributed by atoms with Crippen LogP contribution in [-0.2, 0) is 11.2 Å². The van der Waals surface area contributed by atoms with Gasteiger partial charge < -0.3 is 25.4 Å². The summed E-state index contributed by atoms with van der Waals surface area (Å²) in [7, 11) is 0. The lowest BCUT2D eigenvalue weighted by Crippen LogP contribution is -2.55. The molecule has 4 aromatic rings. The summed E-state index contributed by atoms with van der Waals surface area (Å²) in [6, 6.07) is 15.5. The molecule has 2 saturated heterocycles. The first-order valence-corrected chi connectivity index (χ1v) is 13.8. The molecule has 0 spiro atoms. The topological polar surface area (TPSA) is 118 Å². The van der Waals surface area contributed by atoms with E-state index >= 15 is 0 Å². The molecule has 3 atom stereocenters. The summed E-state index contributed by atoms with van der Waals surface area (Å²) in [5.41, 5.74) is 11.1. The number of ketones is 1. The van der Waals surface area contributed by atoms with Gasteiger partial charge >= 0.3 is 0 Å². The van der Waals surface area contributed by atoms with E-state index in [2.05, 4.69) is 31.9 Å². The maximum Gasteiger partial charge on any atom is 0.185 e. The van der Waals surface area contributed by atoms with Crippen molar-refractivity contribution in [2.24, 2.45) is 11.7 Å². The molecule has 6 rings (SSSR count). The van der Waals surface area contributed by atoms with Crippen LogP contribution < -0.4 is 15.5 Å². The number of aliphatic hydroxyl groups excluding tert-OH is 1. The number of nitrogens with zero attached hydrogens (tertiary/aromatic N) is 5. The van der Waals surface area contributed by atoms with Crippen molar-refractivity contribution >= 4 is 28.2 Å². The molecular weight excluding hydrogens is 504 g/mol. The first kappa shape index (κ1) is 26.3. The van der Waals surface area contributed by atoms with Gasteiger partial charge in [0, 0.05) is 85.4 Å². The maximum atomic E-state index is 13.4. The van der Waals surface area contributed by atoms with Crippen LogP contribution in [0.1, 0.15) is 23.0 Å². The fraction of sp³-hybridized carbons (Fsp3) is 0.355. The predicted molar refractivity (Wildman–Crippen MR) is 156 cm³/mol. The van der Waals surface area contributed by atoms with Crippen molar-refractivity contribution in [2.45, 2.75) is 25.5 Å². The molecule has 9 nitrogen and oxygen atoms in total. The Morgan fingerprint density at radius 1 is 1.02 bits per heavy atom. The van der Waals surface area contributed by atoms with Gasteiger partial charge in [-0.3, -0.25) is 9.78 Å². The number of fused-ring (bicyclic) bond motifs is 1. The van der Waals surface area contributed by atoms with Gasteiger partial charge in [0.15, 0.2) is 5.78 Å². The summed E-state index contributed by atoms with van der Waals surface area (Å²) in [6.07, 6.45) is 4.99. The summed E-state index contributed by atoms with van der Waals surface area (Å²) in [5.74, 6) is 0.904. The number of aromatic nitrogens is 3. The highest BCUT2D eigenvalue weighted by molar-refractivity contribution is 5.98. The van der Waals surface area contributed by atoms with E-state index in [1.165, 1.54) is 0 Å². The third kappa shape index (κ3) is 5.40. The molecule has 2 aliphatic rings. The van der Waals surface area contributed by atoms with E-state index in [4.69, 9.17) is 15.5 Å². The second kappa shape index (κ2) is 11.3. The second-order valence-electron chi connectivity index (χ2n) is 10.7. The van der Waals surface area contributed by atoms with Gasteiger partial charge in [0.2, 0.25) is 0 Å². The minimum absolute atomic E-state index is 0.0302. The van der Waals surface area contributed by atoms with E-state index in [1.807, 2.05) is 43.5 Å². The van der Waals surface area contributed by atoms with Crippen molar-refractivity contribution in [1.82, 2.24) is 15.0 Å². The predicted octanol–water partition coefficient (Wildman–Crippen LogP) is 3.10. The van der Waals surface area contributed by atoms with Gasteiger partial charge in [-0.1, -0.05) is 25.1 Å². The molecule has 1 aromatic carbocycles. The Morgan fingerprint density at radius 3 is 2.60 bits per heavy atom. The van der Waals surface area contributed by atoms with Gasteiger partial charge in [-0.05, 0) is 35.9 Å². The number of Topliss-reactive ketones (excluding diaryl/α,β-unsaturated/α-hetero) is 1. The van der Waals surface area contributed by atoms with E-state index in [0.29, 0.717) is 18.8 Å². The molecule has 5 heterocycles. The van der Waals surface area contributed by atoms with Crippen LogP contribution >= 0.6 is 0 Å². The van der Waals surface area contributed by atoms with Gasteiger partial charge in [-0.2, -0.15) is 0 Å². The molecule has 0 radical (unpaired) electrons.